The molecule has 1 amide bonds. The summed E-state index contributed by atoms with van der Waals surface area (Å²) in [5.41, 5.74) is 6.93. The molecule has 5 nitrogen and oxygen atoms in total. The first-order valence-electron chi connectivity index (χ1n) is 10.5. The fraction of sp³-hybridized carbons (Fsp3) is 0.333. The predicted octanol–water partition coefficient (Wildman–Crippen LogP) is 3.77. The van der Waals surface area contributed by atoms with Crippen molar-refractivity contribution < 1.29 is 4.79 Å². The molecule has 0 radical (unpaired) electrons. The molecule has 148 valence electrons. The number of H-pyrrole nitrogens is 1. The van der Waals surface area contributed by atoms with E-state index in [1.54, 1.807) is 0 Å². The van der Waals surface area contributed by atoms with E-state index in [4.69, 9.17) is 0 Å². The number of hydrogen-bond donors (Lipinski definition) is 2. The second kappa shape index (κ2) is 7.48. The van der Waals surface area contributed by atoms with Crippen LogP contribution in [0.3, 0.4) is 0 Å². The molecule has 2 N–H and O–H groups in total. The number of fused-ring (bicyclic) bond motifs is 1. The van der Waals surface area contributed by atoms with Gasteiger partial charge >= 0.3 is 0 Å². The van der Waals surface area contributed by atoms with Crippen LogP contribution in [0.1, 0.15) is 31.0 Å². The summed E-state index contributed by atoms with van der Waals surface area (Å²) in [6.07, 6.45) is 3.13. The molecule has 3 aromatic rings. The van der Waals surface area contributed by atoms with Gasteiger partial charge in [-0.1, -0.05) is 54.6 Å². The molecule has 1 atom stereocenters. The van der Waals surface area contributed by atoms with Gasteiger partial charge in [0, 0.05) is 42.4 Å². The average Bonchev–Trinajstić information content (AvgIpc) is 3.49. The molecule has 1 aliphatic carbocycles. The Balaban J connectivity index is 1.36. The Bertz CT molecular complexity index is 1010. The number of benzene rings is 2. The van der Waals surface area contributed by atoms with Gasteiger partial charge in [-0.2, -0.15) is 5.10 Å². The second-order valence-corrected chi connectivity index (χ2v) is 8.15. The molecule has 0 spiro atoms. The molecule has 5 heteroatoms. The number of nitrogens with zero attached hydrogens (tertiary/aromatic N) is 2. The van der Waals surface area contributed by atoms with Gasteiger partial charge in [-0.25, -0.2) is 0 Å². The zero-order valence-electron chi connectivity index (χ0n) is 16.7. The smallest absolute Gasteiger partial charge is 0.237 e. The molecule has 1 saturated carbocycles. The molecule has 1 aliphatic heterocycles. The van der Waals surface area contributed by atoms with Crippen LogP contribution >= 0.6 is 0 Å². The molecule has 29 heavy (non-hydrogen) atoms. The van der Waals surface area contributed by atoms with E-state index in [-0.39, 0.29) is 11.9 Å². The van der Waals surface area contributed by atoms with E-state index in [2.05, 4.69) is 68.9 Å². The van der Waals surface area contributed by atoms with Gasteiger partial charge < -0.3 is 5.32 Å². The third-order valence-electron chi connectivity index (χ3n) is 6.08. The van der Waals surface area contributed by atoms with E-state index < -0.39 is 0 Å². The van der Waals surface area contributed by atoms with Crippen molar-refractivity contribution in [3.05, 3.63) is 65.9 Å². The number of carbonyl (C=O) groups excluding carboxylic acids is 1. The highest BCUT2D eigenvalue weighted by atomic mass is 16.2. The van der Waals surface area contributed by atoms with Crippen LogP contribution in [0.15, 0.2) is 54.6 Å². The molecule has 2 aliphatic rings. The lowest BCUT2D eigenvalue weighted by Gasteiger charge is -2.31. The molecule has 0 bridgehead atoms. The quantitative estimate of drug-likeness (QED) is 0.702. The minimum Gasteiger partial charge on any atom is -0.352 e. The van der Waals surface area contributed by atoms with E-state index in [1.807, 2.05) is 13.0 Å². The fourth-order valence-corrected chi connectivity index (χ4v) is 4.05. The van der Waals surface area contributed by atoms with E-state index >= 15 is 0 Å². The van der Waals surface area contributed by atoms with Crippen LogP contribution in [0.4, 0.5) is 0 Å². The highest BCUT2D eigenvalue weighted by Crippen LogP contribution is 2.31. The summed E-state index contributed by atoms with van der Waals surface area (Å²) in [7, 11) is 0. The Labute approximate surface area is 171 Å². The van der Waals surface area contributed by atoms with Gasteiger partial charge in [-0.15, -0.1) is 0 Å². The molecule has 2 heterocycles. The first-order valence-corrected chi connectivity index (χ1v) is 10.5. The summed E-state index contributed by atoms with van der Waals surface area (Å²) in [6, 6.07) is 19.3. The SMILES string of the molecule is C[C@@H](C(=O)NC1CC1)N1CCc2[nH]nc(-c3ccc(-c4ccccc4)cc3)c2C1. The fourth-order valence-electron chi connectivity index (χ4n) is 4.05. The summed E-state index contributed by atoms with van der Waals surface area (Å²) >= 11 is 0. The van der Waals surface area contributed by atoms with Crippen molar-refractivity contribution in [2.45, 2.75) is 44.8 Å². The highest BCUT2D eigenvalue weighted by molar-refractivity contribution is 5.82. The van der Waals surface area contributed by atoms with Crippen LogP contribution in [-0.2, 0) is 17.8 Å². The van der Waals surface area contributed by atoms with Gasteiger partial charge in [-0.3, -0.25) is 14.8 Å². The molecular formula is C24H26N4O. The third-order valence-corrected chi connectivity index (χ3v) is 6.08. The Hall–Kier alpha value is -2.92. The summed E-state index contributed by atoms with van der Waals surface area (Å²) in [5, 5.41) is 11.0. The number of rotatable bonds is 5. The lowest BCUT2D eigenvalue weighted by atomic mass is 9.98. The van der Waals surface area contributed by atoms with Gasteiger partial charge in [0.15, 0.2) is 0 Å². The normalized spacial score (nSPS) is 17.6. The Morgan fingerprint density at radius 2 is 1.76 bits per heavy atom. The number of nitrogens with one attached hydrogen (secondary N) is 2. The van der Waals surface area contributed by atoms with Crippen molar-refractivity contribution in [2.75, 3.05) is 6.54 Å². The summed E-state index contributed by atoms with van der Waals surface area (Å²) in [6.45, 7) is 3.64. The van der Waals surface area contributed by atoms with Crippen molar-refractivity contribution in [3.8, 4) is 22.4 Å². The van der Waals surface area contributed by atoms with Crippen LogP contribution in [0, 0.1) is 0 Å². The molecule has 5 rings (SSSR count). The van der Waals surface area contributed by atoms with E-state index in [9.17, 15) is 4.79 Å². The Kier molecular flexibility index (Phi) is 4.68. The third kappa shape index (κ3) is 3.70. The van der Waals surface area contributed by atoms with Crippen LogP contribution in [-0.4, -0.2) is 39.6 Å². The lowest BCUT2D eigenvalue weighted by molar-refractivity contribution is -0.126. The van der Waals surface area contributed by atoms with Crippen LogP contribution in [0.2, 0.25) is 0 Å². The highest BCUT2D eigenvalue weighted by Gasteiger charge is 2.31. The average molecular weight is 386 g/mol. The van der Waals surface area contributed by atoms with E-state index in [0.29, 0.717) is 6.04 Å². The zero-order chi connectivity index (χ0) is 19.8. The number of aromatic amines is 1. The van der Waals surface area contributed by atoms with E-state index in [1.165, 1.54) is 22.4 Å². The van der Waals surface area contributed by atoms with Crippen molar-refractivity contribution in [1.29, 1.82) is 0 Å². The number of aromatic nitrogens is 2. The summed E-state index contributed by atoms with van der Waals surface area (Å²) in [4.78, 5) is 14.8. The first-order chi connectivity index (χ1) is 14.2. The largest absolute Gasteiger partial charge is 0.352 e. The van der Waals surface area contributed by atoms with Crippen molar-refractivity contribution in [3.63, 3.8) is 0 Å². The molecule has 2 aromatic carbocycles. The molecule has 1 fully saturated rings. The second-order valence-electron chi connectivity index (χ2n) is 8.15. The van der Waals surface area contributed by atoms with E-state index in [0.717, 1.165) is 43.6 Å². The molecule has 0 saturated heterocycles. The first kappa shape index (κ1) is 18.1. The Morgan fingerprint density at radius 1 is 1.07 bits per heavy atom. The molecule has 0 unspecified atom stereocenters. The molecule has 1 aromatic heterocycles. The van der Waals surface area contributed by atoms with Gasteiger partial charge in [0.25, 0.3) is 0 Å². The monoisotopic (exact) mass is 386 g/mol. The number of hydrogen-bond acceptors (Lipinski definition) is 3. The number of carbonyl (C=O) groups is 1. The lowest BCUT2D eigenvalue weighted by Crippen LogP contribution is -2.47. The minimum absolute atomic E-state index is 0.119. The maximum absolute atomic E-state index is 12.5. The zero-order valence-corrected chi connectivity index (χ0v) is 16.7. The topological polar surface area (TPSA) is 61.0 Å². The Morgan fingerprint density at radius 3 is 2.48 bits per heavy atom. The summed E-state index contributed by atoms with van der Waals surface area (Å²) in [5.74, 6) is 0.146. The molecular weight excluding hydrogens is 360 g/mol. The maximum Gasteiger partial charge on any atom is 0.237 e. The summed E-state index contributed by atoms with van der Waals surface area (Å²) < 4.78 is 0. The van der Waals surface area contributed by atoms with Gasteiger partial charge in [0.05, 0.1) is 11.7 Å². The maximum atomic E-state index is 12.5. The van der Waals surface area contributed by atoms with Crippen molar-refractivity contribution in [2.24, 2.45) is 0 Å². The number of amides is 1. The standard InChI is InChI=1S/C24H26N4O/c1-16(24(29)25-20-11-12-20)28-14-13-22-21(15-28)23(27-26-22)19-9-7-18(8-10-19)17-5-3-2-4-6-17/h2-10,16,20H,11-15H2,1H3,(H,25,29)(H,26,27)/t16-/m0/s1. The van der Waals surface area contributed by atoms with Gasteiger partial charge in [-0.05, 0) is 30.9 Å². The van der Waals surface area contributed by atoms with Crippen LogP contribution < -0.4 is 5.32 Å². The van der Waals surface area contributed by atoms with Gasteiger partial charge in [0.2, 0.25) is 5.91 Å². The van der Waals surface area contributed by atoms with Crippen molar-refractivity contribution in [1.82, 2.24) is 20.4 Å². The predicted molar refractivity (Wildman–Crippen MR) is 114 cm³/mol. The van der Waals surface area contributed by atoms with Crippen LogP contribution in [0.25, 0.3) is 22.4 Å². The van der Waals surface area contributed by atoms with Gasteiger partial charge in [0.1, 0.15) is 0 Å². The van der Waals surface area contributed by atoms with Crippen LogP contribution in [0.5, 0.6) is 0 Å². The minimum atomic E-state index is -0.119. The van der Waals surface area contributed by atoms with Crippen molar-refractivity contribution >= 4 is 5.91 Å².